The predicted octanol–water partition coefficient (Wildman–Crippen LogP) is 4.25. The van der Waals surface area contributed by atoms with Crippen LogP contribution in [0.3, 0.4) is 0 Å². The lowest BCUT2D eigenvalue weighted by Crippen LogP contribution is -2.37. The van der Waals surface area contributed by atoms with Crippen LogP contribution in [0.1, 0.15) is 24.5 Å². The summed E-state index contributed by atoms with van der Waals surface area (Å²) in [5.41, 5.74) is 5.92. The molecule has 3 N–H and O–H groups in total. The average Bonchev–Trinajstić information content (AvgIpc) is 2.88. The first-order valence-corrected chi connectivity index (χ1v) is 11.6. The van der Waals surface area contributed by atoms with Gasteiger partial charge < -0.3 is 20.5 Å². The van der Waals surface area contributed by atoms with E-state index in [0.717, 1.165) is 57.6 Å². The Morgan fingerprint density at radius 1 is 1.24 bits per heavy atom. The molecule has 0 unspecified atom stereocenters. The Morgan fingerprint density at radius 2 is 1.95 bits per heavy atom. The first-order valence-electron chi connectivity index (χ1n) is 11.6. The number of amides is 1. The number of benzene rings is 2. The maximum absolute atomic E-state index is 12.8. The molecule has 8 nitrogen and oxygen atoms in total. The highest BCUT2D eigenvalue weighted by Gasteiger charge is 2.30. The van der Waals surface area contributed by atoms with E-state index in [-0.39, 0.29) is 22.5 Å². The Labute approximate surface area is 213 Å². The molecule has 0 atom stereocenters. The highest BCUT2D eigenvalue weighted by molar-refractivity contribution is 6.25. The molecular formula is C26H28F3N5O3. The second-order valence-corrected chi connectivity index (χ2v) is 8.26. The number of rotatable bonds is 9. The van der Waals surface area contributed by atoms with Gasteiger partial charge in [-0.05, 0) is 55.8 Å². The summed E-state index contributed by atoms with van der Waals surface area (Å²) >= 11 is 0. The predicted molar refractivity (Wildman–Crippen MR) is 134 cm³/mol. The molecule has 1 aliphatic rings. The van der Waals surface area contributed by atoms with Gasteiger partial charge in [-0.1, -0.05) is 0 Å². The molecule has 0 saturated carbocycles. The minimum absolute atomic E-state index is 0.0295. The molecule has 0 aliphatic carbocycles. The van der Waals surface area contributed by atoms with Crippen LogP contribution in [-0.4, -0.2) is 56.0 Å². The van der Waals surface area contributed by atoms with E-state index in [1.54, 1.807) is 12.1 Å². The van der Waals surface area contributed by atoms with Crippen molar-refractivity contribution in [2.75, 3.05) is 44.8 Å². The van der Waals surface area contributed by atoms with Gasteiger partial charge in [0, 0.05) is 31.5 Å². The zero-order valence-electron chi connectivity index (χ0n) is 20.3. The van der Waals surface area contributed by atoms with Crippen molar-refractivity contribution in [3.05, 3.63) is 65.4 Å². The van der Waals surface area contributed by atoms with E-state index >= 15 is 0 Å². The lowest BCUT2D eigenvalue weighted by Gasteiger charge is -2.26. The summed E-state index contributed by atoms with van der Waals surface area (Å²) in [6.07, 6.45) is -2.59. The second-order valence-electron chi connectivity index (χ2n) is 8.26. The summed E-state index contributed by atoms with van der Waals surface area (Å²) < 4.78 is 49.4. The van der Waals surface area contributed by atoms with Gasteiger partial charge >= 0.3 is 6.18 Å². The number of nitrogens with zero attached hydrogens (tertiary/aromatic N) is 3. The van der Waals surface area contributed by atoms with Crippen molar-refractivity contribution < 1.29 is 27.4 Å². The smallest absolute Gasteiger partial charge is 0.416 e. The van der Waals surface area contributed by atoms with E-state index < -0.39 is 17.6 Å². The molecule has 1 amide bonds. The molecule has 1 heterocycles. The number of hydrogen-bond donors (Lipinski definition) is 2. The molecule has 0 spiro atoms. The van der Waals surface area contributed by atoms with Crippen LogP contribution in [0.5, 0.6) is 5.75 Å². The van der Waals surface area contributed by atoms with Crippen LogP contribution < -0.4 is 15.8 Å². The van der Waals surface area contributed by atoms with Gasteiger partial charge in [0.15, 0.2) is 0 Å². The van der Waals surface area contributed by atoms with Crippen LogP contribution in [0.25, 0.3) is 0 Å². The number of nitriles is 1. The maximum atomic E-state index is 12.8. The fourth-order valence-corrected chi connectivity index (χ4v) is 3.65. The summed E-state index contributed by atoms with van der Waals surface area (Å²) in [5, 5.41) is 12.2. The Kier molecular flexibility index (Phi) is 9.65. The third-order valence-electron chi connectivity index (χ3n) is 5.63. The zero-order chi connectivity index (χ0) is 26.8. The monoisotopic (exact) mass is 515 g/mol. The molecule has 1 saturated heterocycles. The third kappa shape index (κ3) is 8.06. The number of hydrogen-bond acceptors (Lipinski definition) is 7. The summed E-state index contributed by atoms with van der Waals surface area (Å²) in [4.78, 5) is 19.3. The number of morpholine rings is 1. The molecular weight excluding hydrogens is 487 g/mol. The molecule has 0 bridgehead atoms. The molecule has 2 aromatic carbocycles. The Balaban J connectivity index is 1.60. The van der Waals surface area contributed by atoms with E-state index in [1.165, 1.54) is 25.1 Å². The van der Waals surface area contributed by atoms with Gasteiger partial charge in [0.05, 0.1) is 47.9 Å². The van der Waals surface area contributed by atoms with E-state index in [9.17, 15) is 23.2 Å². The number of nitrogens with one attached hydrogen (secondary N) is 1. The summed E-state index contributed by atoms with van der Waals surface area (Å²) in [6.45, 7) is 6.09. The third-order valence-corrected chi connectivity index (χ3v) is 5.63. The number of anilines is 1. The van der Waals surface area contributed by atoms with Crippen molar-refractivity contribution in [3.8, 4) is 11.8 Å². The first kappa shape index (κ1) is 27.7. The van der Waals surface area contributed by atoms with Gasteiger partial charge in [0.1, 0.15) is 11.8 Å². The van der Waals surface area contributed by atoms with Crippen LogP contribution >= 0.6 is 0 Å². The van der Waals surface area contributed by atoms with Crippen molar-refractivity contribution in [2.24, 2.45) is 10.7 Å². The quantitative estimate of drug-likeness (QED) is 0.293. The second kappa shape index (κ2) is 12.9. The SMILES string of the molecule is CC(=Nc1ccc(C(F)(F)F)cc1)C(=CN)C(=O)Nc1ccc(OCCCN2CCOCC2)c(C#N)c1. The lowest BCUT2D eigenvalue weighted by molar-refractivity contribution is -0.137. The number of halogens is 3. The first-order chi connectivity index (χ1) is 17.7. The topological polar surface area (TPSA) is 113 Å². The van der Waals surface area contributed by atoms with Crippen LogP contribution in [0, 0.1) is 11.3 Å². The summed E-state index contributed by atoms with van der Waals surface area (Å²) in [5.74, 6) is -0.171. The minimum Gasteiger partial charge on any atom is -0.492 e. The van der Waals surface area contributed by atoms with E-state index in [4.69, 9.17) is 15.2 Å². The zero-order valence-corrected chi connectivity index (χ0v) is 20.3. The van der Waals surface area contributed by atoms with Gasteiger partial charge in [0.2, 0.25) is 0 Å². The highest BCUT2D eigenvalue weighted by Crippen LogP contribution is 2.30. The van der Waals surface area contributed by atoms with Gasteiger partial charge in [0.25, 0.3) is 5.91 Å². The van der Waals surface area contributed by atoms with E-state index in [1.807, 2.05) is 0 Å². The molecule has 1 aliphatic heterocycles. The van der Waals surface area contributed by atoms with Crippen LogP contribution in [-0.2, 0) is 15.7 Å². The maximum Gasteiger partial charge on any atom is 0.416 e. The number of alkyl halides is 3. The number of nitrogens with two attached hydrogens (primary N) is 1. The van der Waals surface area contributed by atoms with Gasteiger partial charge in [-0.15, -0.1) is 0 Å². The molecule has 2 aromatic rings. The minimum atomic E-state index is -4.45. The molecule has 0 aromatic heterocycles. The van der Waals surface area contributed by atoms with Gasteiger partial charge in [-0.3, -0.25) is 14.7 Å². The van der Waals surface area contributed by atoms with Gasteiger partial charge in [-0.25, -0.2) is 0 Å². The van der Waals surface area contributed by atoms with Crippen LogP contribution in [0.2, 0.25) is 0 Å². The number of aliphatic imine (C=N–C) groups is 1. The van der Waals surface area contributed by atoms with Crippen molar-refractivity contribution in [3.63, 3.8) is 0 Å². The number of ether oxygens (including phenoxy) is 2. The molecule has 37 heavy (non-hydrogen) atoms. The Bertz CT molecular complexity index is 1180. The standard InChI is InChI=1S/C26H28F3N5O3/c1-18(32-21-5-3-20(4-6-21)26(27,28)29)23(17-31)25(35)33-22-7-8-24(19(15-22)16-30)37-12-2-9-34-10-13-36-14-11-34/h3-8,15,17H,2,9-14,31H2,1H3,(H,33,35). The molecule has 11 heteroatoms. The van der Waals surface area contributed by atoms with Crippen LogP contribution in [0.4, 0.5) is 24.5 Å². The Hall–Kier alpha value is -3.88. The van der Waals surface area contributed by atoms with Crippen molar-refractivity contribution in [1.29, 1.82) is 5.26 Å². The molecule has 0 radical (unpaired) electrons. The largest absolute Gasteiger partial charge is 0.492 e. The molecule has 3 rings (SSSR count). The average molecular weight is 516 g/mol. The molecule has 1 fully saturated rings. The van der Waals surface area contributed by atoms with Crippen molar-refractivity contribution in [1.82, 2.24) is 4.90 Å². The summed E-state index contributed by atoms with van der Waals surface area (Å²) in [6, 6.07) is 11.0. The summed E-state index contributed by atoms with van der Waals surface area (Å²) in [7, 11) is 0. The Morgan fingerprint density at radius 3 is 2.57 bits per heavy atom. The number of carbonyl (C=O) groups is 1. The van der Waals surface area contributed by atoms with Crippen LogP contribution in [0.15, 0.2) is 59.2 Å². The fraction of sp³-hybridized carbons (Fsp3) is 0.346. The van der Waals surface area contributed by atoms with E-state index in [2.05, 4.69) is 21.3 Å². The fourth-order valence-electron chi connectivity index (χ4n) is 3.65. The highest BCUT2D eigenvalue weighted by atomic mass is 19.4. The normalized spacial score (nSPS) is 15.2. The number of carbonyl (C=O) groups excluding carboxylic acids is 1. The van der Waals surface area contributed by atoms with Gasteiger partial charge in [-0.2, -0.15) is 18.4 Å². The van der Waals surface area contributed by atoms with Crippen molar-refractivity contribution in [2.45, 2.75) is 19.5 Å². The van der Waals surface area contributed by atoms with E-state index in [0.29, 0.717) is 18.0 Å². The lowest BCUT2D eigenvalue weighted by atomic mass is 10.1. The van der Waals surface area contributed by atoms with Crippen molar-refractivity contribution >= 4 is 23.0 Å². The molecule has 196 valence electrons.